The van der Waals surface area contributed by atoms with Crippen molar-refractivity contribution in [3.8, 4) is 6.01 Å². The standard InChI is InChI=1S/C14H17N3O3S/c1-21(18,19)17-8-4-6-12(17)10-20-14-15-9-11-5-2-3-7-13(11)16-14/h2-3,5,7,9,12H,4,6,8,10H2,1H3/t12-/m1/s1. The third-order valence-corrected chi connectivity index (χ3v) is 4.95. The smallest absolute Gasteiger partial charge is 0.316 e. The van der Waals surface area contributed by atoms with Gasteiger partial charge in [0.25, 0.3) is 0 Å². The predicted molar refractivity (Wildman–Crippen MR) is 79.6 cm³/mol. The van der Waals surface area contributed by atoms with E-state index in [1.54, 1.807) is 6.20 Å². The van der Waals surface area contributed by atoms with Gasteiger partial charge >= 0.3 is 6.01 Å². The Morgan fingerprint density at radius 3 is 3.00 bits per heavy atom. The Bertz CT molecular complexity index is 748. The van der Waals surface area contributed by atoms with E-state index < -0.39 is 10.0 Å². The van der Waals surface area contributed by atoms with E-state index in [0.29, 0.717) is 6.54 Å². The van der Waals surface area contributed by atoms with Gasteiger partial charge < -0.3 is 4.74 Å². The maximum atomic E-state index is 11.7. The van der Waals surface area contributed by atoms with Crippen molar-refractivity contribution >= 4 is 20.9 Å². The van der Waals surface area contributed by atoms with Crippen LogP contribution < -0.4 is 4.74 Å². The van der Waals surface area contributed by atoms with E-state index in [9.17, 15) is 8.42 Å². The van der Waals surface area contributed by atoms with E-state index in [0.717, 1.165) is 23.7 Å². The Kier molecular flexibility index (Phi) is 3.77. The minimum atomic E-state index is -3.18. The topological polar surface area (TPSA) is 72.4 Å². The van der Waals surface area contributed by atoms with Crippen molar-refractivity contribution in [3.63, 3.8) is 0 Å². The van der Waals surface area contributed by atoms with Crippen LogP contribution in [0.1, 0.15) is 12.8 Å². The van der Waals surface area contributed by atoms with Crippen molar-refractivity contribution in [1.29, 1.82) is 0 Å². The van der Waals surface area contributed by atoms with Crippen LogP contribution in [-0.4, -0.2) is 48.1 Å². The number of nitrogens with zero attached hydrogens (tertiary/aromatic N) is 3. The van der Waals surface area contributed by atoms with Gasteiger partial charge in [-0.3, -0.25) is 0 Å². The third kappa shape index (κ3) is 3.14. The Balaban J connectivity index is 1.71. The van der Waals surface area contributed by atoms with Crippen LogP contribution in [0.15, 0.2) is 30.5 Å². The van der Waals surface area contributed by atoms with Gasteiger partial charge in [-0.15, -0.1) is 0 Å². The summed E-state index contributed by atoms with van der Waals surface area (Å²) in [5.74, 6) is 0. The Morgan fingerprint density at radius 2 is 2.19 bits per heavy atom. The zero-order chi connectivity index (χ0) is 14.9. The van der Waals surface area contributed by atoms with E-state index in [1.165, 1.54) is 10.6 Å². The number of para-hydroxylation sites is 1. The molecule has 0 bridgehead atoms. The second kappa shape index (κ2) is 5.57. The normalized spacial score (nSPS) is 20.0. The van der Waals surface area contributed by atoms with Crippen LogP contribution in [0.5, 0.6) is 6.01 Å². The van der Waals surface area contributed by atoms with Crippen LogP contribution >= 0.6 is 0 Å². The van der Waals surface area contributed by atoms with Gasteiger partial charge in [-0.1, -0.05) is 18.2 Å². The van der Waals surface area contributed by atoms with Gasteiger partial charge in [-0.25, -0.2) is 13.4 Å². The summed E-state index contributed by atoms with van der Waals surface area (Å²) in [5.41, 5.74) is 0.814. The average molecular weight is 307 g/mol. The van der Waals surface area contributed by atoms with Crippen molar-refractivity contribution in [1.82, 2.24) is 14.3 Å². The molecular weight excluding hydrogens is 290 g/mol. The molecule has 1 fully saturated rings. The molecule has 0 N–H and O–H groups in total. The number of hydrogen-bond donors (Lipinski definition) is 0. The summed E-state index contributed by atoms with van der Waals surface area (Å²) in [6.45, 7) is 0.844. The van der Waals surface area contributed by atoms with Gasteiger partial charge in [-0.05, 0) is 18.9 Å². The minimum absolute atomic E-state index is 0.130. The SMILES string of the molecule is CS(=O)(=O)N1CCC[C@@H]1COc1ncc2ccccc2n1. The van der Waals surface area contributed by atoms with Gasteiger partial charge in [-0.2, -0.15) is 9.29 Å². The van der Waals surface area contributed by atoms with Gasteiger partial charge in [0.05, 0.1) is 17.8 Å². The molecule has 0 radical (unpaired) electrons. The summed E-state index contributed by atoms with van der Waals surface area (Å²) in [6.07, 6.45) is 4.61. The number of aromatic nitrogens is 2. The van der Waals surface area contributed by atoms with Crippen molar-refractivity contribution in [2.45, 2.75) is 18.9 Å². The van der Waals surface area contributed by atoms with E-state index in [4.69, 9.17) is 4.74 Å². The van der Waals surface area contributed by atoms with Gasteiger partial charge in [0.1, 0.15) is 6.61 Å². The number of fused-ring (bicyclic) bond motifs is 1. The fourth-order valence-electron chi connectivity index (χ4n) is 2.61. The second-order valence-electron chi connectivity index (χ2n) is 5.19. The molecular formula is C14H17N3O3S. The Labute approximate surface area is 123 Å². The molecule has 1 aromatic carbocycles. The first-order chi connectivity index (χ1) is 10.0. The van der Waals surface area contributed by atoms with Crippen molar-refractivity contribution < 1.29 is 13.2 Å². The van der Waals surface area contributed by atoms with Crippen LogP contribution in [0, 0.1) is 0 Å². The molecule has 6 nitrogen and oxygen atoms in total. The van der Waals surface area contributed by atoms with E-state index in [1.807, 2.05) is 24.3 Å². The lowest BCUT2D eigenvalue weighted by atomic mass is 10.2. The molecule has 2 heterocycles. The summed E-state index contributed by atoms with van der Waals surface area (Å²) in [7, 11) is -3.18. The van der Waals surface area contributed by atoms with Crippen LogP contribution in [0.4, 0.5) is 0 Å². The fraction of sp³-hybridized carbons (Fsp3) is 0.429. The third-order valence-electron chi connectivity index (χ3n) is 3.62. The molecule has 21 heavy (non-hydrogen) atoms. The van der Waals surface area contributed by atoms with Crippen molar-refractivity contribution in [2.75, 3.05) is 19.4 Å². The Morgan fingerprint density at radius 1 is 1.38 bits per heavy atom. The van der Waals surface area contributed by atoms with Crippen molar-refractivity contribution in [2.24, 2.45) is 0 Å². The highest BCUT2D eigenvalue weighted by Crippen LogP contribution is 2.21. The molecule has 7 heteroatoms. The van der Waals surface area contributed by atoms with Crippen LogP contribution in [-0.2, 0) is 10.0 Å². The van der Waals surface area contributed by atoms with Gasteiger partial charge in [0.2, 0.25) is 10.0 Å². The summed E-state index contributed by atoms with van der Waals surface area (Å²) in [4.78, 5) is 8.48. The maximum absolute atomic E-state index is 11.7. The van der Waals surface area contributed by atoms with Gasteiger partial charge in [0.15, 0.2) is 0 Å². The van der Waals surface area contributed by atoms with Gasteiger partial charge in [0, 0.05) is 18.1 Å². The highest BCUT2D eigenvalue weighted by Gasteiger charge is 2.31. The molecule has 0 spiro atoms. The van der Waals surface area contributed by atoms with E-state index in [2.05, 4.69) is 9.97 Å². The number of hydrogen-bond acceptors (Lipinski definition) is 5. The zero-order valence-electron chi connectivity index (χ0n) is 11.8. The van der Waals surface area contributed by atoms with Crippen LogP contribution in [0.3, 0.4) is 0 Å². The highest BCUT2D eigenvalue weighted by atomic mass is 32.2. The fourth-order valence-corrected chi connectivity index (χ4v) is 3.78. The van der Waals surface area contributed by atoms with Crippen molar-refractivity contribution in [3.05, 3.63) is 30.5 Å². The molecule has 2 aromatic rings. The molecule has 3 rings (SSSR count). The molecule has 1 saturated heterocycles. The van der Waals surface area contributed by atoms with E-state index in [-0.39, 0.29) is 18.7 Å². The molecule has 1 aliphatic rings. The first-order valence-electron chi connectivity index (χ1n) is 6.85. The summed E-state index contributed by atoms with van der Waals surface area (Å²) in [5, 5.41) is 0.948. The number of rotatable bonds is 4. The lowest BCUT2D eigenvalue weighted by molar-refractivity contribution is 0.219. The molecule has 112 valence electrons. The first kappa shape index (κ1) is 14.2. The molecule has 1 aromatic heterocycles. The number of ether oxygens (including phenoxy) is 1. The van der Waals surface area contributed by atoms with Crippen LogP contribution in [0.25, 0.3) is 10.9 Å². The highest BCUT2D eigenvalue weighted by molar-refractivity contribution is 7.88. The lowest BCUT2D eigenvalue weighted by Gasteiger charge is -2.21. The monoisotopic (exact) mass is 307 g/mol. The molecule has 0 amide bonds. The number of sulfonamides is 1. The second-order valence-corrected chi connectivity index (χ2v) is 7.13. The quantitative estimate of drug-likeness (QED) is 0.854. The number of benzene rings is 1. The average Bonchev–Trinajstić information content (AvgIpc) is 2.93. The molecule has 1 atom stereocenters. The summed E-state index contributed by atoms with van der Waals surface area (Å²) < 4.78 is 30.4. The Hall–Kier alpha value is -1.73. The van der Waals surface area contributed by atoms with E-state index >= 15 is 0 Å². The first-order valence-corrected chi connectivity index (χ1v) is 8.70. The predicted octanol–water partition coefficient (Wildman–Crippen LogP) is 1.43. The largest absolute Gasteiger partial charge is 0.462 e. The minimum Gasteiger partial charge on any atom is -0.462 e. The zero-order valence-corrected chi connectivity index (χ0v) is 12.6. The lowest BCUT2D eigenvalue weighted by Crippen LogP contribution is -2.38. The summed E-state index contributed by atoms with van der Waals surface area (Å²) >= 11 is 0. The maximum Gasteiger partial charge on any atom is 0.316 e. The summed E-state index contributed by atoms with van der Waals surface area (Å²) in [6, 6.07) is 7.81. The molecule has 0 aliphatic carbocycles. The molecule has 0 unspecified atom stereocenters. The molecule has 0 saturated carbocycles. The molecule has 1 aliphatic heterocycles. The van der Waals surface area contributed by atoms with Crippen LogP contribution in [0.2, 0.25) is 0 Å².